The molecule has 0 aliphatic rings. The number of nitrogens with one attached hydrogen (secondary N) is 1. The van der Waals surface area contributed by atoms with Crippen LogP contribution in [0, 0.1) is 18.3 Å². The van der Waals surface area contributed by atoms with Crippen LogP contribution < -0.4 is 5.32 Å². The van der Waals surface area contributed by atoms with Gasteiger partial charge in [0.1, 0.15) is 5.69 Å². The Morgan fingerprint density at radius 2 is 1.88 bits per heavy atom. The molecule has 5 nitrogen and oxygen atoms in total. The van der Waals surface area contributed by atoms with Gasteiger partial charge in [0.25, 0.3) is 5.91 Å². The third-order valence-corrected chi connectivity index (χ3v) is 3.61. The smallest absolute Gasteiger partial charge is 0.251 e. The Hall–Kier alpha value is -3.39. The SMILES string of the molecule is Cc1ccc(C(=O)NCc2cc(-c3ccc(C#N)cc3)no2)cc1. The molecule has 1 aromatic heterocycles. The number of carbonyl (C=O) groups excluding carboxylic acids is 1. The van der Waals surface area contributed by atoms with E-state index < -0.39 is 0 Å². The molecule has 3 rings (SSSR count). The second-order valence-electron chi connectivity index (χ2n) is 5.42. The highest BCUT2D eigenvalue weighted by Crippen LogP contribution is 2.19. The first kappa shape index (κ1) is 15.5. The van der Waals surface area contributed by atoms with Gasteiger partial charge in [-0.15, -0.1) is 0 Å². The summed E-state index contributed by atoms with van der Waals surface area (Å²) in [6.45, 7) is 2.23. The van der Waals surface area contributed by atoms with Gasteiger partial charge in [-0.05, 0) is 31.2 Å². The minimum absolute atomic E-state index is 0.161. The molecule has 118 valence electrons. The monoisotopic (exact) mass is 317 g/mol. The van der Waals surface area contributed by atoms with Crippen molar-refractivity contribution in [3.8, 4) is 17.3 Å². The van der Waals surface area contributed by atoms with Gasteiger partial charge in [0, 0.05) is 17.2 Å². The number of rotatable bonds is 4. The number of nitrogens with zero attached hydrogens (tertiary/aromatic N) is 2. The minimum Gasteiger partial charge on any atom is -0.359 e. The lowest BCUT2D eigenvalue weighted by atomic mass is 10.1. The summed E-state index contributed by atoms with van der Waals surface area (Å²) in [6, 6.07) is 18.3. The van der Waals surface area contributed by atoms with E-state index in [0.29, 0.717) is 22.6 Å². The number of aromatic nitrogens is 1. The molecule has 24 heavy (non-hydrogen) atoms. The summed E-state index contributed by atoms with van der Waals surface area (Å²) in [7, 11) is 0. The molecule has 0 radical (unpaired) electrons. The van der Waals surface area contributed by atoms with Gasteiger partial charge in [0.05, 0.1) is 18.2 Å². The fourth-order valence-corrected chi connectivity index (χ4v) is 2.22. The van der Waals surface area contributed by atoms with Crippen molar-refractivity contribution in [3.63, 3.8) is 0 Å². The molecular formula is C19H15N3O2. The fraction of sp³-hybridized carbons (Fsp3) is 0.105. The summed E-state index contributed by atoms with van der Waals surface area (Å²) in [5, 5.41) is 15.6. The molecule has 0 atom stereocenters. The Morgan fingerprint density at radius 1 is 1.17 bits per heavy atom. The Morgan fingerprint density at radius 3 is 2.54 bits per heavy atom. The van der Waals surface area contributed by atoms with Crippen molar-refractivity contribution in [1.29, 1.82) is 5.26 Å². The third kappa shape index (κ3) is 3.50. The van der Waals surface area contributed by atoms with Crippen LogP contribution in [0.5, 0.6) is 0 Å². The van der Waals surface area contributed by atoms with Crippen LogP contribution in [0.2, 0.25) is 0 Å². The fourth-order valence-electron chi connectivity index (χ4n) is 2.22. The average Bonchev–Trinajstić information content (AvgIpc) is 3.09. The molecule has 0 fully saturated rings. The average molecular weight is 317 g/mol. The molecule has 0 unspecified atom stereocenters. The van der Waals surface area contributed by atoms with Crippen molar-refractivity contribution in [3.05, 3.63) is 77.0 Å². The summed E-state index contributed by atoms with van der Waals surface area (Å²) in [5.74, 6) is 0.404. The number of benzene rings is 2. The number of amides is 1. The third-order valence-electron chi connectivity index (χ3n) is 3.61. The van der Waals surface area contributed by atoms with E-state index in [1.165, 1.54) is 0 Å². The summed E-state index contributed by atoms with van der Waals surface area (Å²) in [6.07, 6.45) is 0. The van der Waals surface area contributed by atoms with E-state index in [-0.39, 0.29) is 12.5 Å². The van der Waals surface area contributed by atoms with Gasteiger partial charge in [-0.3, -0.25) is 4.79 Å². The predicted molar refractivity (Wildman–Crippen MR) is 89.0 cm³/mol. The minimum atomic E-state index is -0.161. The lowest BCUT2D eigenvalue weighted by Gasteiger charge is -2.02. The molecule has 0 bridgehead atoms. The molecule has 1 N–H and O–H groups in total. The van der Waals surface area contributed by atoms with Crippen molar-refractivity contribution in [2.45, 2.75) is 13.5 Å². The van der Waals surface area contributed by atoms with Gasteiger partial charge in [0.15, 0.2) is 5.76 Å². The number of hydrogen-bond acceptors (Lipinski definition) is 4. The van der Waals surface area contributed by atoms with Crippen molar-refractivity contribution in [1.82, 2.24) is 10.5 Å². The topological polar surface area (TPSA) is 78.9 Å². The number of nitriles is 1. The van der Waals surface area contributed by atoms with Crippen LogP contribution in [0.1, 0.15) is 27.2 Å². The van der Waals surface area contributed by atoms with E-state index in [2.05, 4.69) is 16.5 Å². The van der Waals surface area contributed by atoms with Crippen LogP contribution in [-0.2, 0) is 6.54 Å². The molecule has 0 spiro atoms. The van der Waals surface area contributed by atoms with Crippen molar-refractivity contribution in [2.75, 3.05) is 0 Å². The van der Waals surface area contributed by atoms with Crippen molar-refractivity contribution >= 4 is 5.91 Å². The molecule has 3 aromatic rings. The van der Waals surface area contributed by atoms with Crippen LogP contribution in [0.15, 0.2) is 59.1 Å². The molecule has 1 heterocycles. The Bertz CT molecular complexity index is 888. The van der Waals surface area contributed by atoms with Crippen LogP contribution in [0.3, 0.4) is 0 Å². The maximum absolute atomic E-state index is 12.1. The Balaban J connectivity index is 1.64. The maximum Gasteiger partial charge on any atom is 0.251 e. The first-order chi connectivity index (χ1) is 11.7. The molecule has 5 heteroatoms. The lowest BCUT2D eigenvalue weighted by Crippen LogP contribution is -2.22. The molecule has 1 amide bonds. The standard InChI is InChI=1S/C19H15N3O2/c1-13-2-6-16(7-3-13)19(23)21-12-17-10-18(22-24-17)15-8-4-14(11-20)5-9-15/h2-10H,12H2,1H3,(H,21,23). The van der Waals surface area contributed by atoms with Gasteiger partial charge in [-0.2, -0.15) is 5.26 Å². The highest BCUT2D eigenvalue weighted by Gasteiger charge is 2.09. The molecule has 0 saturated heterocycles. The van der Waals surface area contributed by atoms with Gasteiger partial charge < -0.3 is 9.84 Å². The first-order valence-corrected chi connectivity index (χ1v) is 7.47. The van der Waals surface area contributed by atoms with Gasteiger partial charge in [-0.1, -0.05) is 35.0 Å². The van der Waals surface area contributed by atoms with Crippen molar-refractivity contribution in [2.24, 2.45) is 0 Å². The number of aryl methyl sites for hydroxylation is 1. The summed E-state index contributed by atoms with van der Waals surface area (Å²) in [4.78, 5) is 12.1. The van der Waals surface area contributed by atoms with Crippen molar-refractivity contribution < 1.29 is 9.32 Å². The number of hydrogen-bond donors (Lipinski definition) is 1. The van der Waals surface area contributed by atoms with Crippen LogP contribution in [0.4, 0.5) is 0 Å². The zero-order valence-electron chi connectivity index (χ0n) is 13.1. The predicted octanol–water partition coefficient (Wildman–Crippen LogP) is 3.45. The van der Waals surface area contributed by atoms with E-state index in [1.54, 1.807) is 30.3 Å². The zero-order valence-corrected chi connectivity index (χ0v) is 13.1. The maximum atomic E-state index is 12.1. The van der Waals surface area contributed by atoms with Gasteiger partial charge in [0.2, 0.25) is 0 Å². The zero-order chi connectivity index (χ0) is 16.9. The normalized spacial score (nSPS) is 10.2. The van der Waals surface area contributed by atoms with E-state index >= 15 is 0 Å². The molecule has 2 aromatic carbocycles. The van der Waals surface area contributed by atoms with E-state index in [9.17, 15) is 4.79 Å². The lowest BCUT2D eigenvalue weighted by molar-refractivity contribution is 0.0947. The van der Waals surface area contributed by atoms with E-state index in [1.807, 2.05) is 31.2 Å². The van der Waals surface area contributed by atoms with E-state index in [0.717, 1.165) is 11.1 Å². The van der Waals surface area contributed by atoms with Gasteiger partial charge in [-0.25, -0.2) is 0 Å². The summed E-state index contributed by atoms with van der Waals surface area (Å²) in [5.41, 5.74) is 3.82. The quantitative estimate of drug-likeness (QED) is 0.799. The highest BCUT2D eigenvalue weighted by atomic mass is 16.5. The Kier molecular flexibility index (Phi) is 4.39. The first-order valence-electron chi connectivity index (χ1n) is 7.47. The molecule has 0 aliphatic heterocycles. The highest BCUT2D eigenvalue weighted by molar-refractivity contribution is 5.94. The Labute approximate surface area is 139 Å². The summed E-state index contributed by atoms with van der Waals surface area (Å²) < 4.78 is 5.25. The summed E-state index contributed by atoms with van der Waals surface area (Å²) >= 11 is 0. The second-order valence-corrected chi connectivity index (χ2v) is 5.42. The van der Waals surface area contributed by atoms with Crippen LogP contribution >= 0.6 is 0 Å². The second kappa shape index (κ2) is 6.80. The molecular weight excluding hydrogens is 302 g/mol. The molecule has 0 aliphatic carbocycles. The van der Waals surface area contributed by atoms with E-state index in [4.69, 9.17) is 9.78 Å². The molecule has 0 saturated carbocycles. The van der Waals surface area contributed by atoms with Crippen LogP contribution in [-0.4, -0.2) is 11.1 Å². The number of carbonyl (C=O) groups is 1. The largest absolute Gasteiger partial charge is 0.359 e. The van der Waals surface area contributed by atoms with Gasteiger partial charge >= 0.3 is 0 Å². The van der Waals surface area contributed by atoms with Crippen LogP contribution in [0.25, 0.3) is 11.3 Å².